The maximum atomic E-state index is 14.0. The highest BCUT2D eigenvalue weighted by Crippen LogP contribution is 2.62. The molecule has 6 rings (SSSR count). The summed E-state index contributed by atoms with van der Waals surface area (Å²) in [4.78, 5) is 23.9. The second kappa shape index (κ2) is 9.00. The third-order valence-corrected chi connectivity index (χ3v) is 10.7. The first-order valence-electron chi connectivity index (χ1n) is 12.5. The van der Waals surface area contributed by atoms with Gasteiger partial charge in [0.05, 0.1) is 21.7 Å². The molecule has 3 fully saturated rings. The summed E-state index contributed by atoms with van der Waals surface area (Å²) in [5.74, 6) is -3.47. The molecule has 7 nitrogen and oxygen atoms in total. The Hall–Kier alpha value is -2.03. The summed E-state index contributed by atoms with van der Waals surface area (Å²) in [6.45, 7) is 1.61. The molecule has 2 atom stereocenters. The van der Waals surface area contributed by atoms with Gasteiger partial charge >= 0.3 is 6.18 Å². The van der Waals surface area contributed by atoms with E-state index in [2.05, 4.69) is 15.3 Å². The SMILES string of the molecule is C[S+]([O-])N1CCC(Nc2ncc(C(F)(F)F)c(-c3cc4c(s3)C3(C5CC(F)(F)C5)CCCN3C4=O)n2)CC1. The van der Waals surface area contributed by atoms with Crippen molar-refractivity contribution in [3.05, 3.63) is 28.3 Å². The van der Waals surface area contributed by atoms with Gasteiger partial charge in [-0.15, -0.1) is 15.6 Å². The average molecular weight is 576 g/mol. The van der Waals surface area contributed by atoms with E-state index in [1.807, 2.05) is 4.31 Å². The molecule has 2 unspecified atom stereocenters. The van der Waals surface area contributed by atoms with Gasteiger partial charge in [-0.2, -0.15) is 13.2 Å². The van der Waals surface area contributed by atoms with Crippen LogP contribution in [0.15, 0.2) is 12.3 Å². The van der Waals surface area contributed by atoms with Gasteiger partial charge in [-0.1, -0.05) is 0 Å². The van der Waals surface area contributed by atoms with E-state index in [1.165, 1.54) is 6.07 Å². The fourth-order valence-corrected chi connectivity index (χ4v) is 8.57. The predicted octanol–water partition coefficient (Wildman–Crippen LogP) is 4.88. The van der Waals surface area contributed by atoms with Crippen molar-refractivity contribution in [2.24, 2.45) is 5.92 Å². The van der Waals surface area contributed by atoms with Gasteiger partial charge in [0.1, 0.15) is 11.8 Å². The second-order valence-electron chi connectivity index (χ2n) is 10.5. The van der Waals surface area contributed by atoms with Crippen LogP contribution in [0.3, 0.4) is 0 Å². The Morgan fingerprint density at radius 3 is 2.55 bits per heavy atom. The smallest absolute Gasteiger partial charge is 0.420 e. The lowest BCUT2D eigenvalue weighted by Crippen LogP contribution is -2.53. The monoisotopic (exact) mass is 575 g/mol. The zero-order chi connectivity index (χ0) is 27.0. The molecule has 1 amide bonds. The fraction of sp³-hybridized carbons (Fsp3) is 0.625. The van der Waals surface area contributed by atoms with Crippen molar-refractivity contribution in [3.63, 3.8) is 0 Å². The maximum Gasteiger partial charge on any atom is 0.420 e. The zero-order valence-electron chi connectivity index (χ0n) is 20.5. The standard InChI is InChI=1S/C24H26F5N5O2S2/c1-38(36)33-7-3-14(4-8-33)31-21-30-12-16(24(27,28)29)18(32-21)17-9-15-19(37-17)23(13-10-22(25,26)11-13)5-2-6-34(23)20(15)35/h9,12-14H,2-8,10-11H2,1H3,(H,30,31,32). The second-order valence-corrected chi connectivity index (χ2v) is 12.9. The Morgan fingerprint density at radius 1 is 1.21 bits per heavy atom. The van der Waals surface area contributed by atoms with Gasteiger partial charge in [-0.25, -0.2) is 18.7 Å². The van der Waals surface area contributed by atoms with E-state index in [0.29, 0.717) is 55.8 Å². The van der Waals surface area contributed by atoms with Gasteiger partial charge in [0.2, 0.25) is 11.9 Å². The molecule has 206 valence electrons. The Balaban J connectivity index is 1.34. The highest BCUT2D eigenvalue weighted by molar-refractivity contribution is 7.88. The number of alkyl halides is 5. The number of carbonyl (C=O) groups excluding carboxylic acids is 1. The quantitative estimate of drug-likeness (QED) is 0.404. The van der Waals surface area contributed by atoms with Crippen molar-refractivity contribution in [2.75, 3.05) is 31.2 Å². The van der Waals surface area contributed by atoms with Crippen molar-refractivity contribution >= 4 is 34.6 Å². The molecular weight excluding hydrogens is 549 g/mol. The first kappa shape index (κ1) is 26.2. The van der Waals surface area contributed by atoms with Gasteiger partial charge in [0.25, 0.3) is 5.91 Å². The Labute approximate surface area is 223 Å². The van der Waals surface area contributed by atoms with Gasteiger partial charge in [-0.3, -0.25) is 4.79 Å². The third-order valence-electron chi connectivity index (χ3n) is 8.27. The number of amides is 1. The van der Waals surface area contributed by atoms with Crippen LogP contribution in [0.1, 0.15) is 59.3 Å². The van der Waals surface area contributed by atoms with Crippen LogP contribution in [0.25, 0.3) is 10.6 Å². The van der Waals surface area contributed by atoms with Crippen LogP contribution >= 0.6 is 11.3 Å². The molecule has 4 aliphatic rings. The number of rotatable bonds is 5. The molecule has 2 saturated heterocycles. The van der Waals surface area contributed by atoms with Crippen molar-refractivity contribution in [3.8, 4) is 10.6 Å². The van der Waals surface area contributed by atoms with Gasteiger partial charge in [-0.05, 0) is 37.7 Å². The molecule has 1 aliphatic carbocycles. The summed E-state index contributed by atoms with van der Waals surface area (Å²) in [5.41, 5.74) is -1.93. The fourth-order valence-electron chi connectivity index (χ4n) is 6.39. The Morgan fingerprint density at radius 2 is 1.92 bits per heavy atom. The first-order valence-corrected chi connectivity index (χ1v) is 14.9. The minimum absolute atomic E-state index is 0.0415. The lowest BCUT2D eigenvalue weighted by molar-refractivity contribution is -0.146. The van der Waals surface area contributed by atoms with E-state index in [0.717, 1.165) is 17.5 Å². The molecule has 0 bridgehead atoms. The van der Waals surface area contributed by atoms with Crippen molar-refractivity contribution in [2.45, 2.75) is 62.2 Å². The average Bonchev–Trinajstić information content (AvgIpc) is 3.51. The zero-order valence-corrected chi connectivity index (χ0v) is 22.1. The topological polar surface area (TPSA) is 84.4 Å². The molecule has 3 aliphatic heterocycles. The van der Waals surface area contributed by atoms with Crippen molar-refractivity contribution in [1.82, 2.24) is 19.2 Å². The number of thiophene rings is 1. The molecule has 14 heteroatoms. The van der Waals surface area contributed by atoms with Crippen LogP contribution in [0, 0.1) is 5.92 Å². The highest BCUT2D eigenvalue weighted by Gasteiger charge is 2.64. The molecule has 38 heavy (non-hydrogen) atoms. The molecular formula is C24H26F5N5O2S2. The number of hydrogen-bond acceptors (Lipinski definition) is 7. The Kier molecular flexibility index (Phi) is 6.21. The summed E-state index contributed by atoms with van der Waals surface area (Å²) < 4.78 is 83.2. The van der Waals surface area contributed by atoms with Gasteiger partial charge < -0.3 is 14.8 Å². The number of nitrogens with one attached hydrogen (secondary N) is 1. The molecule has 2 aromatic rings. The number of anilines is 1. The number of carbonyl (C=O) groups is 1. The van der Waals surface area contributed by atoms with Crippen molar-refractivity contribution in [1.29, 1.82) is 0 Å². The Bertz CT molecular complexity index is 1260. The third kappa shape index (κ3) is 4.18. The molecule has 1 N–H and O–H groups in total. The van der Waals surface area contributed by atoms with E-state index >= 15 is 0 Å². The van der Waals surface area contributed by atoms with Crippen LogP contribution in [-0.2, 0) is 23.1 Å². The molecule has 5 heterocycles. The summed E-state index contributed by atoms with van der Waals surface area (Å²) in [7, 11) is 0. The van der Waals surface area contributed by atoms with E-state index in [4.69, 9.17) is 0 Å². The summed E-state index contributed by atoms with van der Waals surface area (Å²) >= 11 is -0.0309. The summed E-state index contributed by atoms with van der Waals surface area (Å²) in [6, 6.07) is 1.35. The van der Waals surface area contributed by atoms with Gasteiger partial charge in [0.15, 0.2) is 0 Å². The minimum Gasteiger partial charge on any atom is -0.598 e. The number of halogens is 5. The molecule has 0 radical (unpaired) electrons. The first-order chi connectivity index (χ1) is 17.9. The largest absolute Gasteiger partial charge is 0.598 e. The molecule has 0 aromatic carbocycles. The van der Waals surface area contributed by atoms with E-state index in [9.17, 15) is 31.3 Å². The maximum absolute atomic E-state index is 14.0. The number of piperidine rings is 1. The van der Waals surface area contributed by atoms with E-state index < -0.39 is 40.5 Å². The lowest BCUT2D eigenvalue weighted by Gasteiger charge is -2.48. The van der Waals surface area contributed by atoms with Crippen LogP contribution in [0.5, 0.6) is 0 Å². The number of fused-ring (bicyclic) bond motifs is 3. The van der Waals surface area contributed by atoms with Crippen molar-refractivity contribution < 1.29 is 31.3 Å². The van der Waals surface area contributed by atoms with Gasteiger partial charge in [0, 0.05) is 61.0 Å². The number of nitrogens with zero attached hydrogens (tertiary/aromatic N) is 4. The van der Waals surface area contributed by atoms with Crippen LogP contribution in [-0.4, -0.2) is 67.5 Å². The van der Waals surface area contributed by atoms with Crippen LogP contribution < -0.4 is 5.32 Å². The molecule has 0 spiro atoms. The number of aromatic nitrogens is 2. The molecule has 2 aromatic heterocycles. The van der Waals surface area contributed by atoms with Crippen LogP contribution in [0.2, 0.25) is 0 Å². The van der Waals surface area contributed by atoms with E-state index in [1.54, 1.807) is 11.2 Å². The predicted molar refractivity (Wildman–Crippen MR) is 132 cm³/mol. The lowest BCUT2D eigenvalue weighted by atomic mass is 9.67. The van der Waals surface area contributed by atoms with E-state index in [-0.39, 0.29) is 41.3 Å². The molecule has 1 saturated carbocycles. The highest BCUT2D eigenvalue weighted by atomic mass is 32.2. The summed E-state index contributed by atoms with van der Waals surface area (Å²) in [5, 5.41) is 3.11. The normalized spacial score (nSPS) is 26.8. The number of hydrogen-bond donors (Lipinski definition) is 1. The van der Waals surface area contributed by atoms with Crippen LogP contribution in [0.4, 0.5) is 27.9 Å². The minimum atomic E-state index is -4.73. The summed E-state index contributed by atoms with van der Waals surface area (Å²) in [6.07, 6.45) is -0.582.